The van der Waals surface area contributed by atoms with Gasteiger partial charge in [0.25, 0.3) is 11.8 Å². The van der Waals surface area contributed by atoms with Crippen molar-refractivity contribution in [2.75, 3.05) is 0 Å². The Balaban J connectivity index is 1.78. The number of carbonyl (C=O) groups excluding carboxylic acids is 2. The van der Waals surface area contributed by atoms with Gasteiger partial charge in [0, 0.05) is 6.04 Å². The Morgan fingerprint density at radius 2 is 1.36 bits per heavy atom. The van der Waals surface area contributed by atoms with Crippen LogP contribution in [-0.2, 0) is 0 Å². The summed E-state index contributed by atoms with van der Waals surface area (Å²) in [6.07, 6.45) is 1.52. The van der Waals surface area contributed by atoms with Gasteiger partial charge >= 0.3 is 0 Å². The minimum absolute atomic E-state index is 0.0528. The quantitative estimate of drug-likeness (QED) is 0.332. The minimum Gasteiger partial charge on any atom is -0.271 e. The van der Waals surface area contributed by atoms with Crippen LogP contribution < -0.4 is 0 Å². The molecule has 3 saturated carbocycles. The topological polar surface area (TPSA) is 37.4 Å². The van der Waals surface area contributed by atoms with Crippen LogP contribution in [0.25, 0.3) is 0 Å². The van der Waals surface area contributed by atoms with Crippen molar-refractivity contribution in [1.82, 2.24) is 4.90 Å². The zero-order valence-corrected chi connectivity index (χ0v) is 14.0. The lowest BCUT2D eigenvalue weighted by atomic mass is 9.44. The average molecular weight is 355 g/mol. The van der Waals surface area contributed by atoms with Gasteiger partial charge in [-0.2, -0.15) is 0 Å². The van der Waals surface area contributed by atoms with E-state index >= 15 is 0 Å². The number of hydrogen-bond donors (Lipinski definition) is 0. The predicted molar refractivity (Wildman–Crippen MR) is 79.7 cm³/mol. The number of hydrogen-bond acceptors (Lipinski definition) is 2. The maximum Gasteiger partial charge on any atom is 0.265 e. The van der Waals surface area contributed by atoms with Crippen LogP contribution in [0.3, 0.4) is 0 Å². The smallest absolute Gasteiger partial charge is 0.265 e. The number of rotatable bonds is 1. The van der Waals surface area contributed by atoms with E-state index in [2.05, 4.69) is 13.8 Å². The third-order valence-corrected chi connectivity index (χ3v) is 6.78. The summed E-state index contributed by atoms with van der Waals surface area (Å²) >= 11 is 0. The molecule has 2 bridgehead atoms. The van der Waals surface area contributed by atoms with Gasteiger partial charge in [0.05, 0.1) is 11.1 Å². The molecule has 1 heterocycles. The molecule has 7 heteroatoms. The first-order chi connectivity index (χ1) is 11.6. The van der Waals surface area contributed by atoms with Crippen LogP contribution in [-0.4, -0.2) is 22.8 Å². The highest BCUT2D eigenvalue weighted by atomic mass is 19.2. The fourth-order valence-corrected chi connectivity index (χ4v) is 5.13. The van der Waals surface area contributed by atoms with Gasteiger partial charge in [-0.15, -0.1) is 0 Å². The van der Waals surface area contributed by atoms with Crippen LogP contribution in [0.4, 0.5) is 17.6 Å². The first kappa shape index (κ1) is 16.5. The average Bonchev–Trinajstić information content (AvgIpc) is 2.81. The SMILES string of the molecule is C[C@@H]1[C@@H](N2C(=O)c3c(F)c(F)c(F)c(F)c3C2=O)C[C@H]2C[C@@H]1C2(C)C. The number of imide groups is 1. The molecule has 4 atom stereocenters. The summed E-state index contributed by atoms with van der Waals surface area (Å²) in [6, 6.07) is -0.519. The van der Waals surface area contributed by atoms with E-state index < -0.39 is 52.3 Å². The summed E-state index contributed by atoms with van der Waals surface area (Å²) < 4.78 is 55.0. The molecular weight excluding hydrogens is 338 g/mol. The van der Waals surface area contributed by atoms with Crippen molar-refractivity contribution in [3.05, 3.63) is 34.4 Å². The first-order valence-electron chi connectivity index (χ1n) is 8.32. The van der Waals surface area contributed by atoms with E-state index in [4.69, 9.17) is 0 Å². The lowest BCUT2D eigenvalue weighted by molar-refractivity contribution is -0.127. The van der Waals surface area contributed by atoms with Crippen LogP contribution in [0, 0.1) is 46.4 Å². The summed E-state index contributed by atoms with van der Waals surface area (Å²) in [5.74, 6) is -9.37. The third kappa shape index (κ3) is 1.81. The molecule has 0 N–H and O–H groups in total. The van der Waals surface area contributed by atoms with E-state index in [-0.39, 0.29) is 17.3 Å². The van der Waals surface area contributed by atoms with E-state index in [0.29, 0.717) is 12.3 Å². The lowest BCUT2D eigenvalue weighted by Gasteiger charge is -2.62. The van der Waals surface area contributed by atoms with Gasteiger partial charge in [-0.3, -0.25) is 14.5 Å². The van der Waals surface area contributed by atoms with Crippen molar-refractivity contribution in [3.63, 3.8) is 0 Å². The molecule has 1 aromatic carbocycles. The van der Waals surface area contributed by atoms with Gasteiger partial charge in [-0.25, -0.2) is 17.6 Å². The highest BCUT2D eigenvalue weighted by molar-refractivity contribution is 6.21. The number of halogens is 4. The third-order valence-electron chi connectivity index (χ3n) is 6.78. The Morgan fingerprint density at radius 3 is 1.76 bits per heavy atom. The molecule has 4 aliphatic rings. The molecule has 1 aliphatic heterocycles. The second-order valence-electron chi connectivity index (χ2n) is 8.01. The van der Waals surface area contributed by atoms with Crippen molar-refractivity contribution >= 4 is 11.8 Å². The molecule has 0 spiro atoms. The van der Waals surface area contributed by atoms with Crippen molar-refractivity contribution in [2.45, 2.75) is 39.7 Å². The van der Waals surface area contributed by atoms with Crippen molar-refractivity contribution in [1.29, 1.82) is 0 Å². The van der Waals surface area contributed by atoms with Gasteiger partial charge in [0.1, 0.15) is 0 Å². The fourth-order valence-electron chi connectivity index (χ4n) is 5.13. The van der Waals surface area contributed by atoms with Crippen LogP contribution >= 0.6 is 0 Å². The van der Waals surface area contributed by atoms with E-state index in [1.807, 2.05) is 6.92 Å². The van der Waals surface area contributed by atoms with Gasteiger partial charge in [0.2, 0.25) is 0 Å². The highest BCUT2D eigenvalue weighted by Gasteiger charge is 2.60. The molecule has 25 heavy (non-hydrogen) atoms. The summed E-state index contributed by atoms with van der Waals surface area (Å²) in [6.45, 7) is 6.17. The van der Waals surface area contributed by atoms with Crippen LogP contribution in [0.5, 0.6) is 0 Å². The minimum atomic E-state index is -2.07. The van der Waals surface area contributed by atoms with Gasteiger partial charge < -0.3 is 0 Å². The maximum atomic E-state index is 14.0. The molecule has 3 nitrogen and oxygen atoms in total. The summed E-state index contributed by atoms with van der Waals surface area (Å²) in [7, 11) is 0. The molecule has 0 saturated heterocycles. The summed E-state index contributed by atoms with van der Waals surface area (Å²) in [5.41, 5.74) is -1.90. The number of carbonyl (C=O) groups is 2. The van der Waals surface area contributed by atoms with E-state index in [1.165, 1.54) is 0 Å². The zero-order chi connectivity index (χ0) is 18.4. The Kier molecular flexibility index (Phi) is 3.19. The molecule has 0 aromatic heterocycles. The predicted octanol–water partition coefficient (Wildman–Crippen LogP) is 3.91. The summed E-state index contributed by atoms with van der Waals surface area (Å²) in [4.78, 5) is 26.0. The van der Waals surface area contributed by atoms with Gasteiger partial charge in [-0.05, 0) is 36.0 Å². The van der Waals surface area contributed by atoms with Crippen LogP contribution in [0.2, 0.25) is 0 Å². The Bertz CT molecular complexity index is 788. The number of amides is 2. The molecule has 3 aliphatic carbocycles. The van der Waals surface area contributed by atoms with Gasteiger partial charge in [-0.1, -0.05) is 20.8 Å². The van der Waals surface area contributed by atoms with Crippen molar-refractivity contribution in [2.24, 2.45) is 23.2 Å². The second kappa shape index (κ2) is 4.83. The fraction of sp³-hybridized carbons (Fsp3) is 0.556. The Morgan fingerprint density at radius 1 is 0.880 bits per heavy atom. The molecule has 134 valence electrons. The largest absolute Gasteiger partial charge is 0.271 e. The van der Waals surface area contributed by atoms with E-state index in [1.54, 1.807) is 0 Å². The molecule has 3 fully saturated rings. The van der Waals surface area contributed by atoms with Crippen LogP contribution in [0.15, 0.2) is 0 Å². The molecule has 1 aromatic rings. The molecule has 5 rings (SSSR count). The Labute approximate surface area is 142 Å². The molecule has 2 amide bonds. The van der Waals surface area contributed by atoms with E-state index in [9.17, 15) is 27.2 Å². The second-order valence-corrected chi connectivity index (χ2v) is 8.01. The maximum absolute atomic E-state index is 14.0. The van der Waals surface area contributed by atoms with Crippen molar-refractivity contribution < 1.29 is 27.2 Å². The normalized spacial score (nSPS) is 32.7. The number of benzene rings is 1. The Hall–Kier alpha value is -1.92. The first-order valence-corrected chi connectivity index (χ1v) is 8.32. The van der Waals surface area contributed by atoms with Crippen LogP contribution in [0.1, 0.15) is 54.3 Å². The monoisotopic (exact) mass is 355 g/mol. The van der Waals surface area contributed by atoms with Gasteiger partial charge in [0.15, 0.2) is 23.3 Å². The van der Waals surface area contributed by atoms with Crippen molar-refractivity contribution in [3.8, 4) is 0 Å². The molecular formula is C18H17F4NO2. The number of fused-ring (bicyclic) bond motifs is 3. The zero-order valence-electron chi connectivity index (χ0n) is 14.0. The molecule has 0 radical (unpaired) electrons. The summed E-state index contributed by atoms with van der Waals surface area (Å²) in [5, 5.41) is 0. The molecule has 0 unspecified atom stereocenters. The standard InChI is InChI=1S/C18H17F4NO2/c1-6-8-4-7(18(8,2)3)5-9(6)23-16(24)10-11(17(23)25)13(20)15(22)14(21)12(10)19/h6-9H,4-5H2,1-3H3/t6-,7+,8-,9-/m0/s1. The highest BCUT2D eigenvalue weighted by Crippen LogP contribution is 2.62. The lowest BCUT2D eigenvalue weighted by Crippen LogP contribution is -2.61. The van der Waals surface area contributed by atoms with E-state index in [0.717, 1.165) is 11.3 Å². The number of nitrogens with zero attached hydrogens (tertiary/aromatic N) is 1.